The van der Waals surface area contributed by atoms with Crippen molar-refractivity contribution < 1.29 is 23.5 Å². The fraction of sp³-hybridized carbons (Fsp3) is 0.348. The summed E-state index contributed by atoms with van der Waals surface area (Å²) in [5, 5.41) is 9.85. The van der Waals surface area contributed by atoms with Crippen LogP contribution in [0.5, 0.6) is 0 Å². The largest absolute Gasteiger partial charge is 0.465 e. The van der Waals surface area contributed by atoms with Gasteiger partial charge in [-0.05, 0) is 69.0 Å². The highest BCUT2D eigenvalue weighted by Gasteiger charge is 2.47. The molecule has 1 aliphatic carbocycles. The molecule has 2 heterocycles. The predicted octanol–water partition coefficient (Wildman–Crippen LogP) is 5.27. The number of nitrogens with zero attached hydrogens (tertiary/aromatic N) is 3. The minimum Gasteiger partial charge on any atom is -0.465 e. The quantitative estimate of drug-likeness (QED) is 0.576. The number of halogens is 2. The number of fused-ring (bicyclic) bond motifs is 1. The van der Waals surface area contributed by atoms with Gasteiger partial charge in [0.25, 0.3) is 0 Å². The summed E-state index contributed by atoms with van der Waals surface area (Å²) >= 11 is 0. The maximum Gasteiger partial charge on any atom is 0.413 e. The van der Waals surface area contributed by atoms with Crippen molar-refractivity contribution in [1.29, 1.82) is 0 Å². The van der Waals surface area contributed by atoms with Gasteiger partial charge in [0.1, 0.15) is 23.3 Å². The molecule has 4 rings (SSSR count). The third kappa shape index (κ3) is 3.56. The second-order valence-corrected chi connectivity index (χ2v) is 8.85. The van der Waals surface area contributed by atoms with Crippen molar-refractivity contribution in [2.24, 2.45) is 5.92 Å². The van der Waals surface area contributed by atoms with Crippen molar-refractivity contribution in [3.8, 4) is 11.1 Å². The maximum absolute atomic E-state index is 14.1. The first-order valence-electron chi connectivity index (χ1n) is 9.99. The van der Waals surface area contributed by atoms with Crippen LogP contribution in [0.3, 0.4) is 0 Å². The van der Waals surface area contributed by atoms with Gasteiger partial charge < -0.3 is 5.11 Å². The Kier molecular flexibility index (Phi) is 4.83. The molecular weight excluding hydrogens is 404 g/mol. The lowest BCUT2D eigenvalue weighted by Crippen LogP contribution is -2.46. The molecule has 1 aromatic carbocycles. The fourth-order valence-corrected chi connectivity index (χ4v) is 3.80. The zero-order valence-electron chi connectivity index (χ0n) is 17.7. The predicted molar refractivity (Wildman–Crippen MR) is 113 cm³/mol. The number of carbonyl (C=O) groups is 2. The van der Waals surface area contributed by atoms with Gasteiger partial charge in [-0.15, -0.1) is 0 Å². The first-order chi connectivity index (χ1) is 14.5. The van der Waals surface area contributed by atoms with Gasteiger partial charge in [-0.2, -0.15) is 0 Å². The molecule has 2 atom stereocenters. The second-order valence-electron chi connectivity index (χ2n) is 8.85. The molecule has 6 nitrogen and oxygen atoms in total. The molecule has 1 N–H and O–H groups in total. The molecule has 8 heteroatoms. The highest BCUT2D eigenvalue weighted by molar-refractivity contribution is 6.06. The SMILES string of the molecule is Cc1c(F)cccc1-c1ccc2nc(N(C(=O)O)C(C)(C)C)c(C(=O)[C@@H]3C[C@@H]3F)n2c1. The molecule has 0 spiro atoms. The number of Topliss-reactive ketones (excluding diaryl/α,β-unsaturated/α-hetero) is 1. The van der Waals surface area contributed by atoms with Crippen molar-refractivity contribution in [3.05, 3.63) is 53.6 Å². The van der Waals surface area contributed by atoms with Crippen molar-refractivity contribution in [3.63, 3.8) is 0 Å². The van der Waals surface area contributed by atoms with Gasteiger partial charge in [0.15, 0.2) is 11.6 Å². The average molecular weight is 427 g/mol. The van der Waals surface area contributed by atoms with Crippen LogP contribution in [0.15, 0.2) is 36.5 Å². The number of ketones is 1. The summed E-state index contributed by atoms with van der Waals surface area (Å²) in [7, 11) is 0. The van der Waals surface area contributed by atoms with Crippen molar-refractivity contribution in [2.75, 3.05) is 4.90 Å². The van der Waals surface area contributed by atoms with Crippen molar-refractivity contribution in [1.82, 2.24) is 9.38 Å². The van der Waals surface area contributed by atoms with E-state index in [4.69, 9.17) is 0 Å². The van der Waals surface area contributed by atoms with Gasteiger partial charge in [0.05, 0.1) is 5.92 Å². The van der Waals surface area contributed by atoms with Gasteiger partial charge in [0, 0.05) is 11.7 Å². The van der Waals surface area contributed by atoms with Gasteiger partial charge in [0.2, 0.25) is 0 Å². The van der Waals surface area contributed by atoms with Gasteiger partial charge >= 0.3 is 6.09 Å². The lowest BCUT2D eigenvalue weighted by atomic mass is 10.0. The second kappa shape index (κ2) is 7.14. The van der Waals surface area contributed by atoms with E-state index in [1.54, 1.807) is 58.2 Å². The Balaban J connectivity index is 1.98. The van der Waals surface area contributed by atoms with E-state index in [-0.39, 0.29) is 23.7 Å². The molecule has 0 saturated heterocycles. The Hall–Kier alpha value is -3.29. The molecule has 1 aliphatic rings. The van der Waals surface area contributed by atoms with E-state index in [0.29, 0.717) is 22.3 Å². The van der Waals surface area contributed by atoms with E-state index < -0.39 is 29.5 Å². The number of anilines is 1. The molecule has 0 aliphatic heterocycles. The zero-order valence-corrected chi connectivity index (χ0v) is 17.7. The molecule has 1 fully saturated rings. The van der Waals surface area contributed by atoms with Crippen LogP contribution >= 0.6 is 0 Å². The van der Waals surface area contributed by atoms with Gasteiger partial charge in [-0.25, -0.2) is 18.6 Å². The Morgan fingerprint density at radius 2 is 1.90 bits per heavy atom. The van der Waals surface area contributed by atoms with Crippen molar-refractivity contribution >= 4 is 23.3 Å². The van der Waals surface area contributed by atoms with Crippen LogP contribution in [0.1, 0.15) is 43.2 Å². The van der Waals surface area contributed by atoms with Crippen LogP contribution in [-0.2, 0) is 0 Å². The van der Waals surface area contributed by atoms with Crippen molar-refractivity contribution in [2.45, 2.75) is 45.8 Å². The summed E-state index contributed by atoms with van der Waals surface area (Å²) in [6, 6.07) is 8.10. The summed E-state index contributed by atoms with van der Waals surface area (Å²) in [5.74, 6) is -1.69. The van der Waals surface area contributed by atoms with Gasteiger partial charge in [-0.1, -0.05) is 12.1 Å². The lowest BCUT2D eigenvalue weighted by molar-refractivity contribution is 0.0952. The minimum absolute atomic E-state index is 0.0216. The smallest absolute Gasteiger partial charge is 0.413 e. The van der Waals surface area contributed by atoms with E-state index in [1.807, 2.05) is 0 Å². The summed E-state index contributed by atoms with van der Waals surface area (Å²) in [6.45, 7) is 6.73. The third-order valence-corrected chi connectivity index (χ3v) is 5.54. The summed E-state index contributed by atoms with van der Waals surface area (Å²) in [4.78, 5) is 30.7. The molecular formula is C23H23F2N3O3. The van der Waals surface area contributed by atoms with Crippen LogP contribution in [0.25, 0.3) is 16.8 Å². The third-order valence-electron chi connectivity index (χ3n) is 5.54. The number of hydrogen-bond acceptors (Lipinski definition) is 3. The number of benzene rings is 1. The number of amides is 1. The van der Waals surface area contributed by atoms with E-state index in [2.05, 4.69) is 4.98 Å². The Morgan fingerprint density at radius 1 is 1.23 bits per heavy atom. The van der Waals surface area contributed by atoms with E-state index in [9.17, 15) is 23.5 Å². The van der Waals surface area contributed by atoms with Crippen LogP contribution < -0.4 is 4.90 Å². The van der Waals surface area contributed by atoms with Crippen LogP contribution in [0, 0.1) is 18.7 Å². The molecule has 1 saturated carbocycles. The van der Waals surface area contributed by atoms with Crippen LogP contribution in [-0.4, -0.2) is 38.1 Å². The number of aromatic nitrogens is 2. The number of carboxylic acid groups (broad SMARTS) is 1. The number of imidazole rings is 1. The summed E-state index contributed by atoms with van der Waals surface area (Å²) < 4.78 is 29.3. The van der Waals surface area contributed by atoms with E-state index in [1.165, 1.54) is 10.5 Å². The summed E-state index contributed by atoms with van der Waals surface area (Å²) in [5.41, 5.74) is 1.20. The molecule has 0 bridgehead atoms. The van der Waals surface area contributed by atoms with E-state index >= 15 is 0 Å². The molecule has 0 radical (unpaired) electrons. The molecule has 1 amide bonds. The van der Waals surface area contributed by atoms with Gasteiger partial charge in [-0.3, -0.25) is 14.1 Å². The number of pyridine rings is 1. The zero-order chi connectivity index (χ0) is 22.7. The number of hydrogen-bond donors (Lipinski definition) is 1. The van der Waals surface area contributed by atoms with E-state index in [0.717, 1.165) is 4.90 Å². The standard InChI is InChI=1S/C23H23F2N3O3/c1-12-14(6-5-7-16(12)24)13-8-9-18-26-21(28(22(30)31)23(2,3)4)19(27(18)11-13)20(29)15-10-17(15)25/h5-9,11,15,17H,10H2,1-4H3,(H,30,31)/t15-,17+/m1/s1. The Labute approximate surface area is 178 Å². The number of alkyl halides is 1. The molecule has 162 valence electrons. The first kappa shape index (κ1) is 21.0. The summed E-state index contributed by atoms with van der Waals surface area (Å²) in [6.07, 6.45) is -0.776. The number of rotatable bonds is 4. The average Bonchev–Trinajstić information content (AvgIpc) is 3.29. The highest BCUT2D eigenvalue weighted by atomic mass is 19.1. The number of carbonyl (C=O) groups excluding carboxylic acids is 1. The molecule has 2 aromatic heterocycles. The lowest BCUT2D eigenvalue weighted by Gasteiger charge is -2.31. The Morgan fingerprint density at radius 3 is 2.48 bits per heavy atom. The maximum atomic E-state index is 14.1. The molecule has 31 heavy (non-hydrogen) atoms. The monoisotopic (exact) mass is 427 g/mol. The minimum atomic E-state index is -1.27. The molecule has 0 unspecified atom stereocenters. The normalized spacial score (nSPS) is 18.3. The Bertz CT molecular complexity index is 1210. The van der Waals surface area contributed by atoms with Crippen LogP contribution in [0.2, 0.25) is 0 Å². The fourth-order valence-electron chi connectivity index (χ4n) is 3.80. The van der Waals surface area contributed by atoms with Crippen LogP contribution in [0.4, 0.5) is 19.4 Å². The topological polar surface area (TPSA) is 74.9 Å². The first-order valence-corrected chi connectivity index (χ1v) is 9.99. The molecule has 3 aromatic rings. The highest BCUT2D eigenvalue weighted by Crippen LogP contribution is 2.40.